The normalized spacial score (nSPS) is 10.1. The Morgan fingerprint density at radius 3 is 2.94 bits per heavy atom. The number of hydrogen-bond acceptors (Lipinski definition) is 6. The molecule has 1 N–H and O–H groups in total. The van der Waals surface area contributed by atoms with Gasteiger partial charge in [0.25, 0.3) is 0 Å². The van der Waals surface area contributed by atoms with Gasteiger partial charge in [0.05, 0.1) is 18.5 Å². The van der Waals surface area contributed by atoms with Gasteiger partial charge in [0, 0.05) is 23.7 Å². The van der Waals surface area contributed by atoms with E-state index in [1.165, 1.54) is 11.5 Å². The number of hydrogen-bond donors (Lipinski definition) is 1. The molecule has 94 valence electrons. The highest BCUT2D eigenvalue weighted by Gasteiger charge is 2.07. The van der Waals surface area contributed by atoms with Crippen LogP contribution in [-0.4, -0.2) is 21.9 Å². The smallest absolute Gasteiger partial charge is 0.356 e. The number of esters is 1. The summed E-state index contributed by atoms with van der Waals surface area (Å²) in [5, 5.41) is 5.18. The number of pyridine rings is 1. The van der Waals surface area contributed by atoms with Crippen LogP contribution in [0.5, 0.6) is 0 Å². The first-order chi connectivity index (χ1) is 8.79. The van der Waals surface area contributed by atoms with Gasteiger partial charge in [-0.25, -0.2) is 14.2 Å². The molecule has 0 aliphatic heterocycles. The largest absolute Gasteiger partial charge is 0.461 e. The van der Waals surface area contributed by atoms with Crippen LogP contribution in [0.3, 0.4) is 0 Å². The molecule has 2 heterocycles. The van der Waals surface area contributed by atoms with E-state index in [4.69, 9.17) is 4.74 Å². The fourth-order valence-electron chi connectivity index (χ4n) is 1.34. The second kappa shape index (κ2) is 6.11. The Kier molecular flexibility index (Phi) is 4.25. The van der Waals surface area contributed by atoms with Crippen LogP contribution < -0.4 is 5.32 Å². The molecule has 0 spiro atoms. The molecule has 0 saturated carbocycles. The average Bonchev–Trinajstić information content (AvgIpc) is 2.90. The summed E-state index contributed by atoms with van der Waals surface area (Å²) < 4.78 is 8.88. The van der Waals surface area contributed by atoms with E-state index in [0.717, 1.165) is 11.3 Å². The summed E-state index contributed by atoms with van der Waals surface area (Å²) in [4.78, 5) is 15.4. The minimum absolute atomic E-state index is 0.319. The van der Waals surface area contributed by atoms with Crippen LogP contribution in [0.15, 0.2) is 29.9 Å². The van der Waals surface area contributed by atoms with Gasteiger partial charge in [-0.2, -0.15) is 0 Å². The lowest BCUT2D eigenvalue weighted by Crippen LogP contribution is -2.07. The maximum Gasteiger partial charge on any atom is 0.356 e. The first-order valence-corrected chi connectivity index (χ1v) is 6.38. The van der Waals surface area contributed by atoms with Crippen molar-refractivity contribution in [3.05, 3.63) is 41.2 Å². The van der Waals surface area contributed by atoms with E-state index < -0.39 is 5.97 Å². The predicted molar refractivity (Wildman–Crippen MR) is 69.6 cm³/mol. The summed E-state index contributed by atoms with van der Waals surface area (Å²) in [5.41, 5.74) is 2.29. The molecule has 0 unspecified atom stereocenters. The van der Waals surface area contributed by atoms with Crippen LogP contribution in [0.4, 0.5) is 5.69 Å². The Labute approximate surface area is 109 Å². The van der Waals surface area contributed by atoms with Crippen LogP contribution >= 0.6 is 11.5 Å². The average molecular weight is 263 g/mol. The van der Waals surface area contributed by atoms with Crippen molar-refractivity contribution >= 4 is 23.2 Å². The van der Waals surface area contributed by atoms with E-state index >= 15 is 0 Å². The molecular weight excluding hydrogens is 250 g/mol. The van der Waals surface area contributed by atoms with E-state index in [1.807, 2.05) is 11.6 Å². The topological polar surface area (TPSA) is 64.1 Å². The van der Waals surface area contributed by atoms with Gasteiger partial charge in [-0.05, 0) is 30.6 Å². The van der Waals surface area contributed by atoms with Gasteiger partial charge in [-0.1, -0.05) is 0 Å². The zero-order valence-electron chi connectivity index (χ0n) is 9.92. The quantitative estimate of drug-likeness (QED) is 0.839. The zero-order chi connectivity index (χ0) is 12.8. The third kappa shape index (κ3) is 3.27. The van der Waals surface area contributed by atoms with Crippen molar-refractivity contribution < 1.29 is 9.53 Å². The Morgan fingerprint density at radius 2 is 2.33 bits per heavy atom. The molecule has 2 rings (SSSR count). The highest BCUT2D eigenvalue weighted by atomic mass is 32.1. The number of carbonyl (C=O) groups excluding carboxylic acids is 1. The first-order valence-electron chi connectivity index (χ1n) is 5.55. The van der Waals surface area contributed by atoms with Crippen molar-refractivity contribution in [2.24, 2.45) is 0 Å². The molecule has 0 fully saturated rings. The van der Waals surface area contributed by atoms with Crippen LogP contribution in [0.2, 0.25) is 0 Å². The first kappa shape index (κ1) is 12.5. The molecule has 0 radical (unpaired) electrons. The van der Waals surface area contributed by atoms with Gasteiger partial charge in [0.15, 0.2) is 0 Å². The molecule has 6 heteroatoms. The second-order valence-corrected chi connectivity index (χ2v) is 4.20. The van der Waals surface area contributed by atoms with E-state index in [9.17, 15) is 4.79 Å². The lowest BCUT2D eigenvalue weighted by atomic mass is 10.3. The van der Waals surface area contributed by atoms with Crippen LogP contribution in [0.25, 0.3) is 0 Å². The van der Waals surface area contributed by atoms with Crippen LogP contribution in [-0.2, 0) is 11.3 Å². The lowest BCUT2D eigenvalue weighted by Gasteiger charge is -2.05. The van der Waals surface area contributed by atoms with Crippen LogP contribution in [0, 0.1) is 0 Å². The highest BCUT2D eigenvalue weighted by Crippen LogP contribution is 2.10. The summed E-state index contributed by atoms with van der Waals surface area (Å²) in [6, 6.07) is 3.45. The lowest BCUT2D eigenvalue weighted by molar-refractivity contribution is 0.0519. The van der Waals surface area contributed by atoms with Gasteiger partial charge in [-0.15, -0.1) is 0 Å². The fourth-order valence-corrected chi connectivity index (χ4v) is 1.88. The van der Waals surface area contributed by atoms with Crippen molar-refractivity contribution in [1.82, 2.24) is 9.36 Å². The van der Waals surface area contributed by atoms with E-state index in [1.54, 1.807) is 25.3 Å². The maximum absolute atomic E-state index is 11.4. The van der Waals surface area contributed by atoms with Crippen molar-refractivity contribution in [3.63, 3.8) is 0 Å². The van der Waals surface area contributed by atoms with Gasteiger partial charge < -0.3 is 10.1 Å². The van der Waals surface area contributed by atoms with Crippen molar-refractivity contribution in [2.45, 2.75) is 13.5 Å². The fraction of sp³-hybridized carbons (Fsp3) is 0.250. The number of ether oxygens (including phenoxy) is 1. The Bertz CT molecular complexity index is 497. The Hall–Kier alpha value is -1.95. The third-order valence-electron chi connectivity index (χ3n) is 2.23. The predicted octanol–water partition coefficient (Wildman–Crippen LogP) is 2.33. The number of rotatable bonds is 5. The molecule has 0 bridgehead atoms. The Morgan fingerprint density at radius 1 is 1.44 bits per heavy atom. The zero-order valence-corrected chi connectivity index (χ0v) is 10.7. The molecule has 0 saturated heterocycles. The Balaban J connectivity index is 1.93. The molecule has 18 heavy (non-hydrogen) atoms. The number of nitrogens with one attached hydrogen (secondary N) is 1. The standard InChI is InChI=1S/C12H13N3O2S/c1-2-17-12(16)11-4-3-10(7-14-11)13-5-9-6-15-18-8-9/h3-4,6-8,13H,2,5H2,1H3. The molecule has 2 aromatic heterocycles. The van der Waals surface area contributed by atoms with E-state index in [-0.39, 0.29) is 0 Å². The molecule has 5 nitrogen and oxygen atoms in total. The van der Waals surface area contributed by atoms with Crippen molar-refractivity contribution in [1.29, 1.82) is 0 Å². The molecule has 2 aromatic rings. The molecule has 0 amide bonds. The molecular formula is C12H13N3O2S. The van der Waals surface area contributed by atoms with Crippen molar-refractivity contribution in [3.8, 4) is 0 Å². The number of carbonyl (C=O) groups is 1. The number of anilines is 1. The van der Waals surface area contributed by atoms with Gasteiger partial charge in [0.2, 0.25) is 0 Å². The van der Waals surface area contributed by atoms with Crippen LogP contribution in [0.1, 0.15) is 23.0 Å². The van der Waals surface area contributed by atoms with Gasteiger partial charge in [0.1, 0.15) is 5.69 Å². The summed E-state index contributed by atoms with van der Waals surface area (Å²) in [6.45, 7) is 2.81. The van der Waals surface area contributed by atoms with E-state index in [2.05, 4.69) is 14.7 Å². The molecule has 0 aliphatic carbocycles. The summed E-state index contributed by atoms with van der Waals surface area (Å²) in [5.74, 6) is -0.397. The number of nitrogens with zero attached hydrogens (tertiary/aromatic N) is 2. The van der Waals surface area contributed by atoms with E-state index in [0.29, 0.717) is 18.8 Å². The van der Waals surface area contributed by atoms with Crippen molar-refractivity contribution in [2.75, 3.05) is 11.9 Å². The monoisotopic (exact) mass is 263 g/mol. The second-order valence-electron chi connectivity index (χ2n) is 3.54. The SMILES string of the molecule is CCOC(=O)c1ccc(NCc2cnsc2)cn1. The summed E-state index contributed by atoms with van der Waals surface area (Å²) in [7, 11) is 0. The maximum atomic E-state index is 11.4. The summed E-state index contributed by atoms with van der Waals surface area (Å²) in [6.07, 6.45) is 3.43. The molecule has 0 aromatic carbocycles. The minimum Gasteiger partial charge on any atom is -0.461 e. The van der Waals surface area contributed by atoms with Gasteiger partial charge >= 0.3 is 5.97 Å². The highest BCUT2D eigenvalue weighted by molar-refractivity contribution is 7.03. The number of aromatic nitrogens is 2. The molecule has 0 aliphatic rings. The van der Waals surface area contributed by atoms with Gasteiger partial charge in [-0.3, -0.25) is 0 Å². The minimum atomic E-state index is -0.397. The summed E-state index contributed by atoms with van der Waals surface area (Å²) >= 11 is 1.42. The molecule has 0 atom stereocenters. The third-order valence-corrected chi connectivity index (χ3v) is 2.86.